The number of nitrogens with one attached hydrogen (secondary N) is 2. The number of carbonyl (C=O) groups is 2. The average molecular weight is 357 g/mol. The molecule has 6 nitrogen and oxygen atoms in total. The summed E-state index contributed by atoms with van der Waals surface area (Å²) < 4.78 is 0. The largest absolute Gasteiger partial charge is 0.319 e. The van der Waals surface area contributed by atoms with Crippen LogP contribution in [0.3, 0.4) is 0 Å². The number of aryl methyl sites for hydroxylation is 2. The molecule has 2 N–H and O–H groups in total. The van der Waals surface area contributed by atoms with E-state index in [9.17, 15) is 9.59 Å². The molecular formula is C18H17ClN4O2. The van der Waals surface area contributed by atoms with Crippen molar-refractivity contribution in [1.29, 1.82) is 0 Å². The molecule has 2 aromatic carbocycles. The van der Waals surface area contributed by atoms with Gasteiger partial charge in [-0.2, -0.15) is 0 Å². The van der Waals surface area contributed by atoms with Gasteiger partial charge in [0.1, 0.15) is 6.54 Å². The monoisotopic (exact) mass is 356 g/mol. The zero-order valence-corrected chi connectivity index (χ0v) is 14.6. The Kier molecular flexibility index (Phi) is 4.72. The lowest BCUT2D eigenvalue weighted by molar-refractivity contribution is -0.118. The first kappa shape index (κ1) is 17.0. The van der Waals surface area contributed by atoms with Crippen LogP contribution in [0.2, 0.25) is 5.02 Å². The number of hydrazine groups is 1. The van der Waals surface area contributed by atoms with E-state index < -0.39 is 5.91 Å². The third-order valence-corrected chi connectivity index (χ3v) is 4.03. The molecule has 0 atom stereocenters. The van der Waals surface area contributed by atoms with Gasteiger partial charge in [0.2, 0.25) is 5.84 Å². The molecular weight excluding hydrogens is 340 g/mol. The van der Waals surface area contributed by atoms with E-state index in [2.05, 4.69) is 15.7 Å². The Morgan fingerprint density at radius 1 is 1.20 bits per heavy atom. The maximum atomic E-state index is 12.5. The van der Waals surface area contributed by atoms with Crippen LogP contribution in [0.15, 0.2) is 47.5 Å². The molecule has 0 saturated heterocycles. The molecule has 128 valence electrons. The lowest BCUT2D eigenvalue weighted by Gasteiger charge is -2.27. The summed E-state index contributed by atoms with van der Waals surface area (Å²) in [7, 11) is 0. The number of amidine groups is 1. The van der Waals surface area contributed by atoms with Gasteiger partial charge in [-0.3, -0.25) is 20.0 Å². The SMILES string of the molecule is Cc1ccc(N2NC(C(=O)Nc3cc(Cl)ccc3C)=NCC2=O)cc1. The van der Waals surface area contributed by atoms with Gasteiger partial charge in [-0.1, -0.05) is 35.4 Å². The maximum Gasteiger partial charge on any atom is 0.292 e. The Morgan fingerprint density at radius 3 is 2.64 bits per heavy atom. The molecule has 25 heavy (non-hydrogen) atoms. The van der Waals surface area contributed by atoms with E-state index in [4.69, 9.17) is 11.6 Å². The molecule has 0 aliphatic carbocycles. The van der Waals surface area contributed by atoms with E-state index in [0.29, 0.717) is 16.4 Å². The zero-order chi connectivity index (χ0) is 18.0. The Morgan fingerprint density at radius 2 is 1.92 bits per heavy atom. The fourth-order valence-electron chi connectivity index (χ4n) is 2.36. The summed E-state index contributed by atoms with van der Waals surface area (Å²) in [5.74, 6) is -0.603. The summed E-state index contributed by atoms with van der Waals surface area (Å²) in [6.45, 7) is 3.73. The van der Waals surface area contributed by atoms with Crippen molar-refractivity contribution >= 4 is 40.6 Å². The van der Waals surface area contributed by atoms with Gasteiger partial charge in [-0.05, 0) is 43.7 Å². The van der Waals surface area contributed by atoms with Crippen molar-refractivity contribution in [3.63, 3.8) is 0 Å². The van der Waals surface area contributed by atoms with Gasteiger partial charge in [0.25, 0.3) is 11.8 Å². The lowest BCUT2D eigenvalue weighted by atomic mass is 10.2. The van der Waals surface area contributed by atoms with Crippen LogP contribution in [-0.2, 0) is 9.59 Å². The fourth-order valence-corrected chi connectivity index (χ4v) is 2.53. The molecule has 0 fully saturated rings. The second kappa shape index (κ2) is 6.94. The number of rotatable bonds is 3. The Bertz CT molecular complexity index is 862. The standard InChI is InChI=1S/C18H17ClN4O2/c1-11-3-7-14(8-4-11)23-16(24)10-20-17(22-23)18(25)21-15-9-13(19)6-5-12(15)2/h3-9H,10H2,1-2H3,(H,20,22)(H,21,25). The molecule has 0 spiro atoms. The number of hydrogen-bond donors (Lipinski definition) is 2. The summed E-state index contributed by atoms with van der Waals surface area (Å²) in [5.41, 5.74) is 5.98. The van der Waals surface area contributed by atoms with Crippen molar-refractivity contribution in [2.45, 2.75) is 13.8 Å². The molecule has 3 rings (SSSR count). The first-order chi connectivity index (χ1) is 11.9. The molecule has 2 amide bonds. The van der Waals surface area contributed by atoms with Gasteiger partial charge < -0.3 is 5.32 Å². The predicted octanol–water partition coefficient (Wildman–Crippen LogP) is 2.85. The second-order valence-corrected chi connectivity index (χ2v) is 6.19. The van der Waals surface area contributed by atoms with Gasteiger partial charge >= 0.3 is 0 Å². The van der Waals surface area contributed by atoms with Gasteiger partial charge in [0.15, 0.2) is 0 Å². The summed E-state index contributed by atoms with van der Waals surface area (Å²) >= 11 is 5.97. The summed E-state index contributed by atoms with van der Waals surface area (Å²) in [6.07, 6.45) is 0. The maximum absolute atomic E-state index is 12.5. The molecule has 0 saturated carbocycles. The molecule has 1 heterocycles. The minimum atomic E-state index is -0.435. The number of amides is 2. The fraction of sp³-hybridized carbons (Fsp3) is 0.167. The zero-order valence-electron chi connectivity index (χ0n) is 13.8. The van der Waals surface area contributed by atoms with Crippen molar-refractivity contribution in [3.8, 4) is 0 Å². The van der Waals surface area contributed by atoms with Gasteiger partial charge in [-0.15, -0.1) is 0 Å². The molecule has 0 bridgehead atoms. The van der Waals surface area contributed by atoms with Crippen LogP contribution in [0.1, 0.15) is 11.1 Å². The number of nitrogens with zero attached hydrogens (tertiary/aromatic N) is 2. The summed E-state index contributed by atoms with van der Waals surface area (Å²) in [6, 6.07) is 12.6. The number of hydrogen-bond acceptors (Lipinski definition) is 4. The quantitative estimate of drug-likeness (QED) is 0.888. The van der Waals surface area contributed by atoms with Crippen molar-refractivity contribution < 1.29 is 9.59 Å². The lowest BCUT2D eigenvalue weighted by Crippen LogP contribution is -2.54. The van der Waals surface area contributed by atoms with Gasteiger partial charge in [0, 0.05) is 10.7 Å². The number of anilines is 2. The summed E-state index contributed by atoms with van der Waals surface area (Å²) in [5, 5.41) is 4.61. The van der Waals surface area contributed by atoms with Crippen molar-refractivity contribution in [2.75, 3.05) is 16.9 Å². The average Bonchev–Trinajstić information content (AvgIpc) is 2.59. The molecule has 1 aliphatic heterocycles. The van der Waals surface area contributed by atoms with Crippen molar-refractivity contribution in [3.05, 3.63) is 58.6 Å². The Balaban J connectivity index is 1.78. The van der Waals surface area contributed by atoms with Crippen LogP contribution in [0, 0.1) is 13.8 Å². The van der Waals surface area contributed by atoms with E-state index in [1.54, 1.807) is 12.1 Å². The Hall–Kier alpha value is -2.86. The summed E-state index contributed by atoms with van der Waals surface area (Å²) in [4.78, 5) is 28.6. The van der Waals surface area contributed by atoms with Crippen LogP contribution in [0.5, 0.6) is 0 Å². The highest BCUT2D eigenvalue weighted by Gasteiger charge is 2.25. The highest BCUT2D eigenvalue weighted by Crippen LogP contribution is 2.20. The first-order valence-corrected chi connectivity index (χ1v) is 8.10. The molecule has 0 radical (unpaired) electrons. The molecule has 1 aliphatic rings. The van der Waals surface area contributed by atoms with Gasteiger partial charge in [0.05, 0.1) is 5.69 Å². The van der Waals surface area contributed by atoms with E-state index in [1.807, 2.05) is 44.2 Å². The number of aliphatic imine (C=N–C) groups is 1. The van der Waals surface area contributed by atoms with Crippen molar-refractivity contribution in [2.24, 2.45) is 4.99 Å². The number of carbonyl (C=O) groups excluding carboxylic acids is 2. The minimum Gasteiger partial charge on any atom is -0.319 e. The van der Waals surface area contributed by atoms with E-state index >= 15 is 0 Å². The third-order valence-electron chi connectivity index (χ3n) is 3.79. The number of halogens is 1. The number of benzene rings is 2. The molecule has 2 aromatic rings. The highest BCUT2D eigenvalue weighted by atomic mass is 35.5. The van der Waals surface area contributed by atoms with Crippen LogP contribution >= 0.6 is 11.6 Å². The first-order valence-electron chi connectivity index (χ1n) is 7.72. The highest BCUT2D eigenvalue weighted by molar-refractivity contribution is 6.43. The third kappa shape index (κ3) is 3.80. The minimum absolute atomic E-state index is 0.0690. The van der Waals surface area contributed by atoms with E-state index in [0.717, 1.165) is 11.1 Å². The van der Waals surface area contributed by atoms with Crippen LogP contribution < -0.4 is 15.8 Å². The topological polar surface area (TPSA) is 73.8 Å². The van der Waals surface area contributed by atoms with Crippen LogP contribution in [0.4, 0.5) is 11.4 Å². The molecule has 0 aromatic heterocycles. The Labute approximate surface area is 150 Å². The predicted molar refractivity (Wildman–Crippen MR) is 98.9 cm³/mol. The van der Waals surface area contributed by atoms with Crippen LogP contribution in [0.25, 0.3) is 0 Å². The second-order valence-electron chi connectivity index (χ2n) is 5.75. The van der Waals surface area contributed by atoms with E-state index in [1.165, 1.54) is 5.01 Å². The molecule has 7 heteroatoms. The normalized spacial score (nSPS) is 14.0. The smallest absolute Gasteiger partial charge is 0.292 e. The van der Waals surface area contributed by atoms with Crippen molar-refractivity contribution in [1.82, 2.24) is 5.43 Å². The van der Waals surface area contributed by atoms with E-state index in [-0.39, 0.29) is 18.3 Å². The van der Waals surface area contributed by atoms with Gasteiger partial charge in [-0.25, -0.2) is 5.01 Å². The molecule has 0 unspecified atom stereocenters. The van der Waals surface area contributed by atoms with Crippen LogP contribution in [-0.4, -0.2) is 24.2 Å².